The second kappa shape index (κ2) is 8.39. The minimum atomic E-state index is -0.622. The predicted molar refractivity (Wildman–Crippen MR) is 96.6 cm³/mol. The van der Waals surface area contributed by atoms with Crippen LogP contribution in [0.5, 0.6) is 0 Å². The van der Waals surface area contributed by atoms with Crippen LogP contribution in [0.2, 0.25) is 0 Å². The van der Waals surface area contributed by atoms with Crippen molar-refractivity contribution in [3.63, 3.8) is 0 Å². The number of hydrogen-bond donors (Lipinski definition) is 4. The van der Waals surface area contributed by atoms with E-state index in [2.05, 4.69) is 5.32 Å². The van der Waals surface area contributed by atoms with Crippen LogP contribution in [0.4, 0.5) is 0 Å². The molecule has 7 N–H and O–H groups in total. The van der Waals surface area contributed by atoms with Gasteiger partial charge in [0.05, 0.1) is 6.54 Å². The number of allylic oxidation sites excluding steroid dienone is 1. The third-order valence-electron chi connectivity index (χ3n) is 4.83. The molecule has 1 saturated heterocycles. The van der Waals surface area contributed by atoms with Crippen molar-refractivity contribution in [2.75, 3.05) is 13.1 Å². The summed E-state index contributed by atoms with van der Waals surface area (Å²) in [5, 5.41) is 3.85. The van der Waals surface area contributed by atoms with Crippen molar-refractivity contribution in [3.05, 3.63) is 11.9 Å². The molecule has 0 aromatic carbocycles. The first-order chi connectivity index (χ1) is 12.2. The van der Waals surface area contributed by atoms with Crippen LogP contribution in [-0.2, 0) is 14.4 Å². The van der Waals surface area contributed by atoms with Gasteiger partial charge in [-0.2, -0.15) is 0 Å². The lowest BCUT2D eigenvalue weighted by Crippen LogP contribution is -2.56. The van der Waals surface area contributed by atoms with Gasteiger partial charge in [0.2, 0.25) is 17.7 Å². The van der Waals surface area contributed by atoms with Crippen LogP contribution in [0, 0.1) is 11.8 Å². The fourth-order valence-electron chi connectivity index (χ4n) is 3.30. The molecule has 0 spiro atoms. The zero-order valence-electron chi connectivity index (χ0n) is 15.5. The van der Waals surface area contributed by atoms with Gasteiger partial charge in [0.15, 0.2) is 0 Å². The molecule has 2 rings (SSSR count). The lowest BCUT2D eigenvalue weighted by molar-refractivity contribution is -0.143. The molecule has 2 atom stereocenters. The average molecular weight is 366 g/mol. The molecule has 0 bridgehead atoms. The first-order valence-corrected chi connectivity index (χ1v) is 9.09. The highest BCUT2D eigenvalue weighted by Gasteiger charge is 2.39. The summed E-state index contributed by atoms with van der Waals surface area (Å²) in [6, 6.07) is -1.22. The third-order valence-corrected chi connectivity index (χ3v) is 4.83. The molecule has 9 nitrogen and oxygen atoms in total. The number of carbonyl (C=O) groups is 3. The Kier molecular flexibility index (Phi) is 6.47. The smallest absolute Gasteiger partial charge is 0.247 e. The largest absolute Gasteiger partial charge is 0.401 e. The SMILES string of the molecule is CC(C)C(C(=O)N1CCCC1C(=O)NCC(N)=O)N(N)/C=C(\N)C1CC1. The number of nitrogens with one attached hydrogen (secondary N) is 1. The zero-order valence-corrected chi connectivity index (χ0v) is 15.5. The van der Waals surface area contributed by atoms with Crippen molar-refractivity contribution < 1.29 is 14.4 Å². The lowest BCUT2D eigenvalue weighted by atomic mass is 10.0. The number of hydrogen-bond acceptors (Lipinski definition) is 6. The van der Waals surface area contributed by atoms with Gasteiger partial charge in [-0.1, -0.05) is 13.8 Å². The molecule has 0 aromatic heterocycles. The van der Waals surface area contributed by atoms with Crippen LogP contribution >= 0.6 is 0 Å². The predicted octanol–water partition coefficient (Wildman–Crippen LogP) is -1.01. The Morgan fingerprint density at radius 2 is 1.88 bits per heavy atom. The Labute approximate surface area is 153 Å². The van der Waals surface area contributed by atoms with Crippen LogP contribution < -0.4 is 22.6 Å². The first kappa shape index (κ1) is 20.0. The van der Waals surface area contributed by atoms with Gasteiger partial charge in [0, 0.05) is 24.4 Å². The molecule has 2 unspecified atom stereocenters. The Morgan fingerprint density at radius 1 is 1.23 bits per heavy atom. The number of hydrazine groups is 1. The molecule has 9 heteroatoms. The zero-order chi connectivity index (χ0) is 19.4. The van der Waals surface area contributed by atoms with Gasteiger partial charge in [-0.15, -0.1) is 0 Å². The molecule has 0 aromatic rings. The van der Waals surface area contributed by atoms with E-state index in [-0.39, 0.29) is 24.3 Å². The minimum Gasteiger partial charge on any atom is -0.401 e. The van der Waals surface area contributed by atoms with E-state index in [4.69, 9.17) is 17.3 Å². The summed E-state index contributed by atoms with van der Waals surface area (Å²) in [6.07, 6.45) is 5.00. The summed E-state index contributed by atoms with van der Waals surface area (Å²) >= 11 is 0. The quantitative estimate of drug-likeness (QED) is 0.319. The van der Waals surface area contributed by atoms with E-state index in [1.54, 1.807) is 11.1 Å². The van der Waals surface area contributed by atoms with Crippen LogP contribution in [-0.4, -0.2) is 52.8 Å². The molecule has 2 fully saturated rings. The first-order valence-electron chi connectivity index (χ1n) is 9.09. The maximum atomic E-state index is 13.1. The number of likely N-dealkylation sites (tertiary alicyclic amines) is 1. The van der Waals surface area contributed by atoms with Gasteiger partial charge in [-0.3, -0.25) is 14.4 Å². The Morgan fingerprint density at radius 3 is 2.42 bits per heavy atom. The number of nitrogens with zero attached hydrogens (tertiary/aromatic N) is 2. The number of carbonyl (C=O) groups excluding carboxylic acids is 3. The van der Waals surface area contributed by atoms with E-state index in [9.17, 15) is 14.4 Å². The topological polar surface area (TPSA) is 148 Å². The van der Waals surface area contributed by atoms with Crippen molar-refractivity contribution in [2.24, 2.45) is 29.1 Å². The molecular weight excluding hydrogens is 336 g/mol. The number of amides is 3. The van der Waals surface area contributed by atoms with Crippen LogP contribution in [0.3, 0.4) is 0 Å². The summed E-state index contributed by atoms with van der Waals surface area (Å²) < 4.78 is 0. The standard InChI is InChI=1S/C17H30N6O3/c1-10(2)15(23(20)9-12(18)11-5-6-11)17(26)22-7-3-4-13(22)16(25)21-8-14(19)24/h9-11,13,15H,3-8,18,20H2,1-2H3,(H2,19,24)(H,21,25)/b12-9-. The highest BCUT2D eigenvalue weighted by molar-refractivity contribution is 5.92. The molecule has 3 amide bonds. The normalized spacial score (nSPS) is 21.6. The van der Waals surface area contributed by atoms with E-state index >= 15 is 0 Å². The van der Waals surface area contributed by atoms with Gasteiger partial charge >= 0.3 is 0 Å². The summed E-state index contributed by atoms with van der Waals surface area (Å²) in [5.74, 6) is 5.23. The van der Waals surface area contributed by atoms with E-state index < -0.39 is 18.0 Å². The molecule has 0 radical (unpaired) electrons. The second-order valence-electron chi connectivity index (χ2n) is 7.41. The molecule has 2 aliphatic rings. The molecule has 1 heterocycles. The van der Waals surface area contributed by atoms with E-state index in [1.165, 1.54) is 5.01 Å². The molecular formula is C17H30N6O3. The van der Waals surface area contributed by atoms with Gasteiger partial charge in [-0.25, -0.2) is 5.84 Å². The van der Waals surface area contributed by atoms with Crippen LogP contribution in [0.25, 0.3) is 0 Å². The maximum absolute atomic E-state index is 13.1. The van der Waals surface area contributed by atoms with Crippen molar-refractivity contribution >= 4 is 17.7 Å². The summed E-state index contributed by atoms with van der Waals surface area (Å²) in [6.45, 7) is 4.05. The number of primary amides is 1. The monoisotopic (exact) mass is 366 g/mol. The summed E-state index contributed by atoms with van der Waals surface area (Å²) in [4.78, 5) is 37.8. The molecule has 1 aliphatic carbocycles. The van der Waals surface area contributed by atoms with Gasteiger partial charge in [0.1, 0.15) is 12.1 Å². The molecule has 1 aliphatic heterocycles. The lowest BCUT2D eigenvalue weighted by Gasteiger charge is -2.34. The third kappa shape index (κ3) is 4.87. The average Bonchev–Trinajstić information content (AvgIpc) is 3.29. The fourth-order valence-corrected chi connectivity index (χ4v) is 3.30. The highest BCUT2D eigenvalue weighted by atomic mass is 16.2. The minimum absolute atomic E-state index is 0.0642. The molecule has 146 valence electrons. The van der Waals surface area contributed by atoms with Crippen LogP contribution in [0.1, 0.15) is 39.5 Å². The second-order valence-corrected chi connectivity index (χ2v) is 7.41. The van der Waals surface area contributed by atoms with Crippen molar-refractivity contribution in [3.8, 4) is 0 Å². The van der Waals surface area contributed by atoms with Crippen molar-refractivity contribution in [1.29, 1.82) is 0 Å². The Hall–Kier alpha value is -2.29. The summed E-state index contributed by atoms with van der Waals surface area (Å²) in [5.41, 5.74) is 11.8. The number of nitrogens with two attached hydrogens (primary N) is 3. The van der Waals surface area contributed by atoms with Gasteiger partial charge in [0.25, 0.3) is 0 Å². The Bertz CT molecular complexity index is 587. The highest BCUT2D eigenvalue weighted by Crippen LogP contribution is 2.34. The van der Waals surface area contributed by atoms with E-state index in [0.717, 1.165) is 19.3 Å². The summed E-state index contributed by atoms with van der Waals surface area (Å²) in [7, 11) is 0. The van der Waals surface area contributed by atoms with Gasteiger partial charge in [-0.05, 0) is 31.6 Å². The maximum Gasteiger partial charge on any atom is 0.247 e. The van der Waals surface area contributed by atoms with Crippen molar-refractivity contribution in [2.45, 2.75) is 51.6 Å². The Balaban J connectivity index is 2.09. The van der Waals surface area contributed by atoms with Crippen molar-refractivity contribution in [1.82, 2.24) is 15.2 Å². The van der Waals surface area contributed by atoms with E-state index in [0.29, 0.717) is 24.6 Å². The van der Waals surface area contributed by atoms with E-state index in [1.807, 2.05) is 13.8 Å². The fraction of sp³-hybridized carbons (Fsp3) is 0.706. The number of rotatable bonds is 8. The molecule has 26 heavy (non-hydrogen) atoms. The van der Waals surface area contributed by atoms with Gasteiger partial charge < -0.3 is 26.7 Å². The van der Waals surface area contributed by atoms with Crippen LogP contribution in [0.15, 0.2) is 11.9 Å². The molecule has 1 saturated carbocycles.